The van der Waals surface area contributed by atoms with Crippen LogP contribution < -0.4 is 10.1 Å². The average Bonchev–Trinajstić information content (AvgIpc) is 2.38. The minimum Gasteiger partial charge on any atom is -0.492 e. The molecule has 0 aliphatic heterocycles. The Morgan fingerprint density at radius 2 is 1.89 bits per heavy atom. The largest absolute Gasteiger partial charge is 0.492 e. The first kappa shape index (κ1) is 17.0. The third kappa shape index (κ3) is 5.81. The van der Waals surface area contributed by atoms with Crippen LogP contribution >= 0.6 is 31.9 Å². The molecule has 3 nitrogen and oxygen atoms in total. The van der Waals surface area contributed by atoms with Crippen LogP contribution in [0, 0.1) is 0 Å². The number of hydrogen-bond acceptors (Lipinski definition) is 3. The van der Waals surface area contributed by atoms with E-state index in [1.807, 2.05) is 13.8 Å². The molecule has 0 aliphatic carbocycles. The molecule has 0 spiro atoms. The summed E-state index contributed by atoms with van der Waals surface area (Å²) in [7, 11) is 0. The molecule has 0 fully saturated rings. The van der Waals surface area contributed by atoms with Crippen LogP contribution in [0.1, 0.15) is 32.3 Å². The zero-order valence-corrected chi connectivity index (χ0v) is 14.6. The Morgan fingerprint density at radius 3 is 2.42 bits per heavy atom. The van der Waals surface area contributed by atoms with E-state index in [-0.39, 0.29) is 6.10 Å². The van der Waals surface area contributed by atoms with Crippen molar-refractivity contribution in [3.8, 4) is 5.75 Å². The molecule has 19 heavy (non-hydrogen) atoms. The molecule has 108 valence electrons. The smallest absolute Gasteiger partial charge is 0.147 e. The number of ether oxygens (including phenoxy) is 1. The summed E-state index contributed by atoms with van der Waals surface area (Å²) in [5, 5.41) is 12.8. The van der Waals surface area contributed by atoms with Crippen molar-refractivity contribution in [1.82, 2.24) is 5.32 Å². The van der Waals surface area contributed by atoms with Crippen molar-refractivity contribution < 1.29 is 9.84 Å². The summed E-state index contributed by atoms with van der Waals surface area (Å²) in [5.41, 5.74) is 1.17. The molecule has 0 aliphatic rings. The highest BCUT2D eigenvalue weighted by Crippen LogP contribution is 2.34. The second kappa shape index (κ2) is 8.95. The standard InChI is InChI=1S/C14H21Br2NO2/c1-3-11(18)5-6-17-9-10-7-12(15)14(19-4-2)13(16)8-10/h7-8,11,17-18H,3-6,9H2,1-2H3. The van der Waals surface area contributed by atoms with Crippen molar-refractivity contribution in [2.24, 2.45) is 0 Å². The van der Waals surface area contributed by atoms with Gasteiger partial charge in [-0.1, -0.05) is 6.92 Å². The normalized spacial score (nSPS) is 12.5. The van der Waals surface area contributed by atoms with Gasteiger partial charge in [0.1, 0.15) is 5.75 Å². The van der Waals surface area contributed by atoms with Crippen LogP contribution in [-0.2, 0) is 6.54 Å². The van der Waals surface area contributed by atoms with E-state index in [9.17, 15) is 5.11 Å². The van der Waals surface area contributed by atoms with Crippen molar-refractivity contribution in [3.05, 3.63) is 26.6 Å². The van der Waals surface area contributed by atoms with Crippen molar-refractivity contribution in [2.75, 3.05) is 13.2 Å². The van der Waals surface area contributed by atoms with Gasteiger partial charge in [-0.05, 0) is 75.9 Å². The Hall–Kier alpha value is -0.100. The lowest BCUT2D eigenvalue weighted by atomic mass is 10.2. The molecule has 0 bridgehead atoms. The molecular formula is C14H21Br2NO2. The SMILES string of the molecule is CCOc1c(Br)cc(CNCCC(O)CC)cc1Br. The van der Waals surface area contributed by atoms with E-state index in [0.29, 0.717) is 6.61 Å². The molecule has 1 atom stereocenters. The summed E-state index contributed by atoms with van der Waals surface area (Å²) in [6.45, 7) is 6.19. The number of aliphatic hydroxyl groups excluding tert-OH is 1. The van der Waals surface area contributed by atoms with Gasteiger partial charge in [-0.25, -0.2) is 0 Å². The van der Waals surface area contributed by atoms with Gasteiger partial charge in [-0.2, -0.15) is 0 Å². The predicted molar refractivity (Wildman–Crippen MR) is 85.6 cm³/mol. The molecule has 0 amide bonds. The van der Waals surface area contributed by atoms with Crippen LogP contribution in [0.25, 0.3) is 0 Å². The summed E-state index contributed by atoms with van der Waals surface area (Å²) in [6.07, 6.45) is 1.39. The van der Waals surface area contributed by atoms with Crippen molar-refractivity contribution in [3.63, 3.8) is 0 Å². The monoisotopic (exact) mass is 393 g/mol. The first-order valence-electron chi connectivity index (χ1n) is 6.58. The zero-order chi connectivity index (χ0) is 14.3. The van der Waals surface area contributed by atoms with Gasteiger partial charge >= 0.3 is 0 Å². The van der Waals surface area contributed by atoms with Crippen LogP contribution in [-0.4, -0.2) is 24.4 Å². The molecule has 0 radical (unpaired) electrons. The third-order valence-electron chi connectivity index (χ3n) is 2.80. The fourth-order valence-electron chi connectivity index (χ4n) is 1.70. The van der Waals surface area contributed by atoms with Crippen LogP contribution in [0.3, 0.4) is 0 Å². The maximum Gasteiger partial charge on any atom is 0.147 e. The summed E-state index contributed by atoms with van der Waals surface area (Å²) >= 11 is 7.04. The highest BCUT2D eigenvalue weighted by molar-refractivity contribution is 9.11. The fraction of sp³-hybridized carbons (Fsp3) is 0.571. The first-order valence-corrected chi connectivity index (χ1v) is 8.16. The number of rotatable bonds is 8. The number of halogens is 2. The van der Waals surface area contributed by atoms with E-state index in [0.717, 1.165) is 40.6 Å². The molecule has 1 aromatic carbocycles. The van der Waals surface area contributed by atoms with E-state index < -0.39 is 0 Å². The lowest BCUT2D eigenvalue weighted by molar-refractivity contribution is 0.159. The molecule has 1 aromatic rings. The molecule has 0 saturated carbocycles. The maximum atomic E-state index is 9.47. The summed E-state index contributed by atoms with van der Waals surface area (Å²) in [4.78, 5) is 0. The lowest BCUT2D eigenvalue weighted by Crippen LogP contribution is -2.19. The molecule has 0 aromatic heterocycles. The van der Waals surface area contributed by atoms with Gasteiger partial charge in [0, 0.05) is 6.54 Å². The van der Waals surface area contributed by atoms with Crippen LogP contribution in [0.5, 0.6) is 5.75 Å². The second-order valence-electron chi connectivity index (χ2n) is 4.35. The van der Waals surface area contributed by atoms with Crippen molar-refractivity contribution in [2.45, 2.75) is 39.3 Å². The van der Waals surface area contributed by atoms with Gasteiger partial charge < -0.3 is 15.2 Å². The number of hydrogen-bond donors (Lipinski definition) is 2. The predicted octanol–water partition coefficient (Wildman–Crippen LogP) is 3.86. The van der Waals surface area contributed by atoms with Gasteiger partial charge in [0.05, 0.1) is 21.7 Å². The molecular weight excluding hydrogens is 374 g/mol. The molecule has 1 unspecified atom stereocenters. The van der Waals surface area contributed by atoms with Gasteiger partial charge in [-0.15, -0.1) is 0 Å². The molecule has 2 N–H and O–H groups in total. The Labute approximate surface area is 132 Å². The van der Waals surface area contributed by atoms with Crippen LogP contribution in [0.2, 0.25) is 0 Å². The molecule has 0 saturated heterocycles. The Balaban J connectivity index is 2.51. The Kier molecular flexibility index (Phi) is 7.99. The highest BCUT2D eigenvalue weighted by Gasteiger charge is 2.08. The van der Waals surface area contributed by atoms with Gasteiger partial charge in [0.15, 0.2) is 0 Å². The summed E-state index contributed by atoms with van der Waals surface area (Å²) < 4.78 is 7.45. The summed E-state index contributed by atoms with van der Waals surface area (Å²) in [6, 6.07) is 4.11. The van der Waals surface area contributed by atoms with Gasteiger partial charge in [0.25, 0.3) is 0 Å². The number of aliphatic hydroxyl groups is 1. The lowest BCUT2D eigenvalue weighted by Gasteiger charge is -2.12. The van der Waals surface area contributed by atoms with Gasteiger partial charge in [-0.3, -0.25) is 0 Å². The fourth-order valence-corrected chi connectivity index (χ4v) is 3.21. The van der Waals surface area contributed by atoms with E-state index >= 15 is 0 Å². The average molecular weight is 395 g/mol. The highest BCUT2D eigenvalue weighted by atomic mass is 79.9. The van der Waals surface area contributed by atoms with Gasteiger partial charge in [0.2, 0.25) is 0 Å². The van der Waals surface area contributed by atoms with E-state index in [2.05, 4.69) is 49.3 Å². The van der Waals surface area contributed by atoms with E-state index in [1.54, 1.807) is 0 Å². The van der Waals surface area contributed by atoms with Crippen LogP contribution in [0.4, 0.5) is 0 Å². The van der Waals surface area contributed by atoms with Crippen molar-refractivity contribution in [1.29, 1.82) is 0 Å². The quantitative estimate of drug-likeness (QED) is 0.657. The Bertz CT molecular complexity index is 376. The first-order chi connectivity index (χ1) is 9.08. The Morgan fingerprint density at radius 1 is 1.26 bits per heavy atom. The number of benzene rings is 1. The van der Waals surface area contributed by atoms with E-state index in [4.69, 9.17) is 4.74 Å². The van der Waals surface area contributed by atoms with E-state index in [1.165, 1.54) is 5.56 Å². The molecule has 0 heterocycles. The molecule has 5 heteroatoms. The maximum absolute atomic E-state index is 9.47. The van der Waals surface area contributed by atoms with Crippen molar-refractivity contribution >= 4 is 31.9 Å². The minimum absolute atomic E-state index is 0.202. The summed E-state index contributed by atoms with van der Waals surface area (Å²) in [5.74, 6) is 0.840. The number of nitrogens with one attached hydrogen (secondary N) is 1. The topological polar surface area (TPSA) is 41.5 Å². The molecule has 1 rings (SSSR count). The van der Waals surface area contributed by atoms with Crippen LogP contribution in [0.15, 0.2) is 21.1 Å². The third-order valence-corrected chi connectivity index (χ3v) is 3.98. The second-order valence-corrected chi connectivity index (χ2v) is 6.06. The minimum atomic E-state index is -0.202. The zero-order valence-electron chi connectivity index (χ0n) is 11.4.